The van der Waals surface area contributed by atoms with Gasteiger partial charge in [-0.1, -0.05) is 17.7 Å². The summed E-state index contributed by atoms with van der Waals surface area (Å²) in [5.41, 5.74) is 0.931. The van der Waals surface area contributed by atoms with Crippen LogP contribution in [0.4, 0.5) is 4.39 Å². The quantitative estimate of drug-likeness (QED) is 0.855. The molecular weight excluding hydrogens is 329 g/mol. The van der Waals surface area contributed by atoms with Crippen molar-refractivity contribution in [3.63, 3.8) is 0 Å². The lowest BCUT2D eigenvalue weighted by atomic mass is 10.0. The summed E-state index contributed by atoms with van der Waals surface area (Å²) in [6, 6.07) is 5.06. The first kappa shape index (κ1) is 17.6. The van der Waals surface area contributed by atoms with Crippen LogP contribution in [-0.2, 0) is 11.3 Å². The van der Waals surface area contributed by atoms with Gasteiger partial charge in [0.05, 0.1) is 0 Å². The van der Waals surface area contributed by atoms with Crippen LogP contribution in [0.2, 0.25) is 5.02 Å². The molecule has 1 aromatic rings. The topological polar surface area (TPSA) is 44.4 Å². The Labute approximate surface area is 147 Å². The van der Waals surface area contributed by atoms with E-state index in [2.05, 4.69) is 15.5 Å². The van der Waals surface area contributed by atoms with Crippen LogP contribution in [0.25, 0.3) is 0 Å². The Morgan fingerprint density at radius 3 is 3.00 bits per heavy atom. The number of carbonyl (C=O) groups is 1. The second-order valence-corrected chi connectivity index (χ2v) is 7.28. The van der Waals surface area contributed by atoms with E-state index in [1.54, 1.807) is 6.07 Å². The fourth-order valence-electron chi connectivity index (χ4n) is 3.65. The number of hydrogen-bond donors (Lipinski definition) is 2. The SMILES string of the molecule is O=C(CC1CCCN1)NC1CCCN(Cc2ccc(F)cc2Cl)C1. The monoisotopic (exact) mass is 353 g/mol. The van der Waals surface area contributed by atoms with Crippen molar-refractivity contribution in [1.82, 2.24) is 15.5 Å². The average Bonchev–Trinajstić information content (AvgIpc) is 3.03. The highest BCUT2D eigenvalue weighted by atomic mass is 35.5. The van der Waals surface area contributed by atoms with Gasteiger partial charge in [-0.3, -0.25) is 9.69 Å². The summed E-state index contributed by atoms with van der Waals surface area (Å²) >= 11 is 6.12. The molecule has 2 aliphatic rings. The third-order valence-corrected chi connectivity index (χ3v) is 5.23. The van der Waals surface area contributed by atoms with Gasteiger partial charge in [-0.2, -0.15) is 0 Å². The predicted molar refractivity (Wildman–Crippen MR) is 93.5 cm³/mol. The summed E-state index contributed by atoms with van der Waals surface area (Å²) in [6.07, 6.45) is 4.88. The van der Waals surface area contributed by atoms with Crippen LogP contribution < -0.4 is 10.6 Å². The van der Waals surface area contributed by atoms with Crippen molar-refractivity contribution in [2.45, 2.75) is 50.7 Å². The summed E-state index contributed by atoms with van der Waals surface area (Å²) in [4.78, 5) is 14.5. The van der Waals surface area contributed by atoms with Crippen molar-refractivity contribution in [2.24, 2.45) is 0 Å². The third kappa shape index (κ3) is 4.91. The normalized spacial score (nSPS) is 24.9. The Bertz CT molecular complexity index is 577. The molecular formula is C18H25ClFN3O. The maximum Gasteiger partial charge on any atom is 0.221 e. The Morgan fingerprint density at radius 2 is 2.25 bits per heavy atom. The molecule has 0 bridgehead atoms. The van der Waals surface area contributed by atoms with Gasteiger partial charge < -0.3 is 10.6 Å². The molecule has 1 amide bonds. The van der Waals surface area contributed by atoms with Crippen LogP contribution in [-0.4, -0.2) is 42.5 Å². The molecule has 0 saturated carbocycles. The molecule has 24 heavy (non-hydrogen) atoms. The van der Waals surface area contributed by atoms with Gasteiger partial charge in [0.15, 0.2) is 0 Å². The van der Waals surface area contributed by atoms with E-state index in [4.69, 9.17) is 11.6 Å². The number of likely N-dealkylation sites (tertiary alicyclic amines) is 1. The number of carbonyl (C=O) groups excluding carboxylic acids is 1. The van der Waals surface area contributed by atoms with Crippen molar-refractivity contribution in [3.8, 4) is 0 Å². The Hall–Kier alpha value is -1.17. The van der Waals surface area contributed by atoms with E-state index < -0.39 is 0 Å². The van der Waals surface area contributed by atoms with Crippen molar-refractivity contribution in [1.29, 1.82) is 0 Å². The Morgan fingerprint density at radius 1 is 1.38 bits per heavy atom. The standard InChI is InChI=1S/C18H25ClFN3O/c19-17-9-14(20)6-5-13(17)11-23-8-2-4-16(12-23)22-18(24)10-15-3-1-7-21-15/h5-6,9,15-16,21H,1-4,7-8,10-12H2,(H,22,24). The van der Waals surface area contributed by atoms with Gasteiger partial charge in [0.25, 0.3) is 0 Å². The highest BCUT2D eigenvalue weighted by Gasteiger charge is 2.24. The van der Waals surface area contributed by atoms with Gasteiger partial charge in [-0.05, 0) is 56.5 Å². The molecule has 2 unspecified atom stereocenters. The lowest BCUT2D eigenvalue weighted by molar-refractivity contribution is -0.122. The second kappa shape index (κ2) is 8.28. The van der Waals surface area contributed by atoms with E-state index in [0.717, 1.165) is 50.9 Å². The maximum atomic E-state index is 13.1. The molecule has 6 heteroatoms. The average molecular weight is 354 g/mol. The van der Waals surface area contributed by atoms with Crippen LogP contribution in [0, 0.1) is 5.82 Å². The zero-order chi connectivity index (χ0) is 16.9. The molecule has 0 spiro atoms. The molecule has 0 aliphatic carbocycles. The van der Waals surface area contributed by atoms with Crippen molar-refractivity contribution >= 4 is 17.5 Å². The molecule has 2 fully saturated rings. The van der Waals surface area contributed by atoms with Gasteiger partial charge >= 0.3 is 0 Å². The van der Waals surface area contributed by atoms with E-state index >= 15 is 0 Å². The van der Waals surface area contributed by atoms with E-state index in [1.807, 2.05) is 0 Å². The minimum Gasteiger partial charge on any atom is -0.352 e. The number of nitrogens with zero attached hydrogens (tertiary/aromatic N) is 1. The molecule has 132 valence electrons. The van der Waals surface area contributed by atoms with Gasteiger partial charge in [0.2, 0.25) is 5.91 Å². The van der Waals surface area contributed by atoms with Gasteiger partial charge in [-0.15, -0.1) is 0 Å². The molecule has 0 radical (unpaired) electrons. The summed E-state index contributed by atoms with van der Waals surface area (Å²) in [5, 5.41) is 7.00. The summed E-state index contributed by atoms with van der Waals surface area (Å²) in [7, 11) is 0. The number of rotatable bonds is 5. The largest absolute Gasteiger partial charge is 0.352 e. The van der Waals surface area contributed by atoms with Crippen molar-refractivity contribution in [3.05, 3.63) is 34.6 Å². The number of amides is 1. The number of hydrogen-bond acceptors (Lipinski definition) is 3. The lowest BCUT2D eigenvalue weighted by Gasteiger charge is -2.33. The minimum absolute atomic E-state index is 0.140. The molecule has 2 atom stereocenters. The smallest absolute Gasteiger partial charge is 0.221 e. The van der Waals surface area contributed by atoms with Crippen LogP contribution in [0.3, 0.4) is 0 Å². The number of nitrogens with one attached hydrogen (secondary N) is 2. The summed E-state index contributed by atoms with van der Waals surface area (Å²) < 4.78 is 13.1. The van der Waals surface area contributed by atoms with E-state index in [1.165, 1.54) is 12.1 Å². The van der Waals surface area contributed by atoms with E-state index in [-0.39, 0.29) is 17.8 Å². The number of halogens is 2. The summed E-state index contributed by atoms with van der Waals surface area (Å²) in [6.45, 7) is 3.51. The maximum absolute atomic E-state index is 13.1. The fraction of sp³-hybridized carbons (Fsp3) is 0.611. The van der Waals surface area contributed by atoms with Crippen molar-refractivity contribution in [2.75, 3.05) is 19.6 Å². The van der Waals surface area contributed by atoms with E-state index in [9.17, 15) is 9.18 Å². The van der Waals surface area contributed by atoms with Crippen LogP contribution in [0.5, 0.6) is 0 Å². The fourth-order valence-corrected chi connectivity index (χ4v) is 3.88. The Kier molecular flexibility index (Phi) is 6.09. The first-order valence-corrected chi connectivity index (χ1v) is 9.17. The van der Waals surface area contributed by atoms with Crippen LogP contribution in [0.1, 0.15) is 37.7 Å². The second-order valence-electron chi connectivity index (χ2n) is 6.87. The first-order chi connectivity index (χ1) is 11.6. The van der Waals surface area contributed by atoms with E-state index in [0.29, 0.717) is 24.0 Å². The molecule has 1 aromatic carbocycles. The van der Waals surface area contributed by atoms with Gasteiger partial charge in [0, 0.05) is 36.6 Å². The molecule has 4 nitrogen and oxygen atoms in total. The first-order valence-electron chi connectivity index (χ1n) is 8.79. The summed E-state index contributed by atoms with van der Waals surface area (Å²) in [5.74, 6) is -0.172. The Balaban J connectivity index is 1.49. The van der Waals surface area contributed by atoms with Crippen molar-refractivity contribution < 1.29 is 9.18 Å². The number of piperidine rings is 1. The molecule has 2 N–H and O–H groups in total. The molecule has 0 aromatic heterocycles. The highest BCUT2D eigenvalue weighted by molar-refractivity contribution is 6.31. The van der Waals surface area contributed by atoms with Crippen LogP contribution >= 0.6 is 11.6 Å². The number of benzene rings is 1. The lowest BCUT2D eigenvalue weighted by Crippen LogP contribution is -2.48. The zero-order valence-corrected chi connectivity index (χ0v) is 14.6. The van der Waals surface area contributed by atoms with Gasteiger partial charge in [0.1, 0.15) is 5.82 Å². The molecule has 2 aliphatic heterocycles. The highest BCUT2D eigenvalue weighted by Crippen LogP contribution is 2.21. The predicted octanol–water partition coefficient (Wildman–Crippen LogP) is 2.70. The van der Waals surface area contributed by atoms with Crippen LogP contribution in [0.15, 0.2) is 18.2 Å². The van der Waals surface area contributed by atoms with Gasteiger partial charge in [-0.25, -0.2) is 4.39 Å². The molecule has 2 saturated heterocycles. The zero-order valence-electron chi connectivity index (χ0n) is 13.9. The third-order valence-electron chi connectivity index (χ3n) is 4.87. The molecule has 3 rings (SSSR count). The minimum atomic E-state index is -0.312. The molecule has 2 heterocycles.